The minimum Gasteiger partial charge on any atom is -0.232 e. The van der Waals surface area contributed by atoms with Crippen LogP contribution in [-0.2, 0) is 0 Å². The number of nitrogens with zero attached hydrogens (tertiary/aromatic N) is 1. The van der Waals surface area contributed by atoms with Crippen LogP contribution in [-0.4, -0.2) is 17.2 Å². The average Bonchev–Trinajstić information content (AvgIpc) is 2.39. The predicted octanol–water partition coefficient (Wildman–Crippen LogP) is 0.707. The van der Waals surface area contributed by atoms with Gasteiger partial charge in [-0.2, -0.15) is 0 Å². The molecule has 0 aromatic carbocycles. The van der Waals surface area contributed by atoms with Gasteiger partial charge >= 0.3 is 0 Å². The van der Waals surface area contributed by atoms with Crippen LogP contribution in [0.15, 0.2) is 0 Å². The highest BCUT2D eigenvalue weighted by Crippen LogP contribution is 2.33. The molecule has 2 aliphatic rings. The Morgan fingerprint density at radius 1 is 1.50 bits per heavy atom. The van der Waals surface area contributed by atoms with Crippen molar-refractivity contribution in [2.75, 3.05) is 6.54 Å². The molecule has 2 heteroatoms. The number of hydrogen-bond acceptors (Lipinski definition) is 2. The summed E-state index contributed by atoms with van der Waals surface area (Å²) in [5.41, 5.74) is 3.77. The fourth-order valence-corrected chi connectivity index (χ4v) is 1.50. The van der Waals surface area contributed by atoms with E-state index in [1.807, 2.05) is 0 Å². The molecular formula is C6H12N2. The summed E-state index contributed by atoms with van der Waals surface area (Å²) in [5, 5.41) is 2.33. The fraction of sp³-hybridized carbons (Fsp3) is 1.00. The largest absolute Gasteiger partial charge is 0.232 e. The lowest BCUT2D eigenvalue weighted by Crippen LogP contribution is -2.20. The number of piperidine rings is 1. The zero-order valence-electron chi connectivity index (χ0n) is 5.28. The molecule has 0 aliphatic carbocycles. The van der Waals surface area contributed by atoms with Crippen LogP contribution in [0.1, 0.15) is 26.2 Å². The first-order chi connectivity index (χ1) is 3.81. The molecule has 2 atom stereocenters. The van der Waals surface area contributed by atoms with Crippen LogP contribution in [0.3, 0.4) is 0 Å². The highest BCUT2D eigenvalue weighted by Gasteiger charge is 2.47. The van der Waals surface area contributed by atoms with Crippen molar-refractivity contribution in [2.24, 2.45) is 0 Å². The molecule has 0 aromatic rings. The molecule has 2 heterocycles. The van der Waals surface area contributed by atoms with Crippen molar-refractivity contribution in [2.45, 2.75) is 31.8 Å². The van der Waals surface area contributed by atoms with Crippen molar-refractivity contribution in [1.82, 2.24) is 10.4 Å². The van der Waals surface area contributed by atoms with E-state index in [4.69, 9.17) is 0 Å². The van der Waals surface area contributed by atoms with Crippen LogP contribution < -0.4 is 5.43 Å². The van der Waals surface area contributed by atoms with Crippen LogP contribution in [0.5, 0.6) is 0 Å². The van der Waals surface area contributed by atoms with E-state index >= 15 is 0 Å². The summed E-state index contributed by atoms with van der Waals surface area (Å²) in [4.78, 5) is 0. The average molecular weight is 112 g/mol. The molecular weight excluding hydrogens is 100 g/mol. The summed E-state index contributed by atoms with van der Waals surface area (Å²) in [7, 11) is 0. The Bertz CT molecular complexity index is 111. The monoisotopic (exact) mass is 112 g/mol. The van der Waals surface area contributed by atoms with E-state index in [0.29, 0.717) is 5.66 Å². The quantitative estimate of drug-likeness (QED) is 0.467. The Kier molecular flexibility index (Phi) is 0.746. The SMILES string of the molecule is CC12CCCCN1N2. The van der Waals surface area contributed by atoms with E-state index in [1.165, 1.54) is 25.8 Å². The predicted molar refractivity (Wildman–Crippen MR) is 32.1 cm³/mol. The first kappa shape index (κ1) is 4.77. The molecule has 2 saturated heterocycles. The molecule has 0 aromatic heterocycles. The first-order valence-corrected chi connectivity index (χ1v) is 3.37. The molecule has 0 saturated carbocycles. The fourth-order valence-electron chi connectivity index (χ4n) is 1.50. The molecule has 0 spiro atoms. The zero-order chi connectivity index (χ0) is 5.61. The van der Waals surface area contributed by atoms with Gasteiger partial charge in [0.25, 0.3) is 0 Å². The minimum atomic E-state index is 0.429. The first-order valence-electron chi connectivity index (χ1n) is 3.37. The van der Waals surface area contributed by atoms with Gasteiger partial charge in [-0.25, -0.2) is 10.4 Å². The summed E-state index contributed by atoms with van der Waals surface area (Å²) in [6.07, 6.45) is 4.12. The van der Waals surface area contributed by atoms with E-state index in [9.17, 15) is 0 Å². The molecule has 46 valence electrons. The van der Waals surface area contributed by atoms with Crippen LogP contribution in [0.4, 0.5) is 0 Å². The van der Waals surface area contributed by atoms with Gasteiger partial charge in [0.1, 0.15) is 0 Å². The molecule has 2 aliphatic heterocycles. The lowest BCUT2D eigenvalue weighted by molar-refractivity contribution is 0.333. The zero-order valence-corrected chi connectivity index (χ0v) is 5.28. The smallest absolute Gasteiger partial charge is 0.0946 e. The maximum absolute atomic E-state index is 3.34. The van der Waals surface area contributed by atoms with Crippen LogP contribution in [0, 0.1) is 0 Å². The Balaban J connectivity index is 2.04. The Labute approximate surface area is 49.8 Å². The van der Waals surface area contributed by atoms with Crippen molar-refractivity contribution in [3.05, 3.63) is 0 Å². The van der Waals surface area contributed by atoms with Gasteiger partial charge in [0.2, 0.25) is 0 Å². The van der Waals surface area contributed by atoms with Crippen molar-refractivity contribution in [3.8, 4) is 0 Å². The molecule has 2 nitrogen and oxygen atoms in total. The van der Waals surface area contributed by atoms with Gasteiger partial charge in [0.05, 0.1) is 5.66 Å². The topological polar surface area (TPSA) is 25.0 Å². The Hall–Kier alpha value is -0.0800. The second-order valence-electron chi connectivity index (χ2n) is 2.99. The molecule has 2 fully saturated rings. The number of hydrazine groups is 1. The van der Waals surface area contributed by atoms with E-state index in [2.05, 4.69) is 17.4 Å². The lowest BCUT2D eigenvalue weighted by atomic mass is 10.1. The van der Waals surface area contributed by atoms with Crippen molar-refractivity contribution < 1.29 is 0 Å². The molecule has 1 N–H and O–H groups in total. The third-order valence-corrected chi connectivity index (χ3v) is 2.22. The van der Waals surface area contributed by atoms with Crippen LogP contribution in [0.2, 0.25) is 0 Å². The number of hydrogen-bond donors (Lipinski definition) is 1. The highest BCUT2D eigenvalue weighted by molar-refractivity contribution is 4.95. The maximum atomic E-state index is 3.34. The van der Waals surface area contributed by atoms with Crippen LogP contribution >= 0.6 is 0 Å². The van der Waals surface area contributed by atoms with Crippen molar-refractivity contribution in [1.29, 1.82) is 0 Å². The summed E-state index contributed by atoms with van der Waals surface area (Å²) < 4.78 is 0. The van der Waals surface area contributed by atoms with Crippen molar-refractivity contribution >= 4 is 0 Å². The lowest BCUT2D eigenvalue weighted by Gasteiger charge is -2.13. The van der Waals surface area contributed by atoms with E-state index in [0.717, 1.165) is 0 Å². The second kappa shape index (κ2) is 1.25. The Morgan fingerprint density at radius 3 is 2.88 bits per heavy atom. The third-order valence-electron chi connectivity index (χ3n) is 2.22. The summed E-state index contributed by atoms with van der Waals surface area (Å²) >= 11 is 0. The van der Waals surface area contributed by atoms with Gasteiger partial charge in [0, 0.05) is 6.54 Å². The molecule has 8 heavy (non-hydrogen) atoms. The number of nitrogens with one attached hydrogen (secondary N) is 1. The van der Waals surface area contributed by atoms with Crippen molar-refractivity contribution in [3.63, 3.8) is 0 Å². The summed E-state index contributed by atoms with van der Waals surface area (Å²) in [5.74, 6) is 0. The highest BCUT2D eigenvalue weighted by atomic mass is 15.8. The molecule has 0 bridgehead atoms. The van der Waals surface area contributed by atoms with E-state index < -0.39 is 0 Å². The van der Waals surface area contributed by atoms with Gasteiger partial charge in [0.15, 0.2) is 0 Å². The van der Waals surface area contributed by atoms with Crippen LogP contribution in [0.25, 0.3) is 0 Å². The van der Waals surface area contributed by atoms with Gasteiger partial charge in [-0.05, 0) is 26.2 Å². The standard InChI is InChI=1S/C6H12N2/c1-6-4-2-3-5-8(6)7-6/h7H,2-5H2,1H3. The molecule has 0 radical (unpaired) electrons. The van der Waals surface area contributed by atoms with Gasteiger partial charge in [-0.1, -0.05) is 0 Å². The third kappa shape index (κ3) is 0.501. The van der Waals surface area contributed by atoms with Gasteiger partial charge < -0.3 is 0 Å². The summed E-state index contributed by atoms with van der Waals surface area (Å²) in [6.45, 7) is 3.53. The second-order valence-corrected chi connectivity index (χ2v) is 2.99. The molecule has 2 rings (SSSR count). The maximum Gasteiger partial charge on any atom is 0.0946 e. The Morgan fingerprint density at radius 2 is 2.38 bits per heavy atom. The van der Waals surface area contributed by atoms with Gasteiger partial charge in [-0.3, -0.25) is 0 Å². The minimum absolute atomic E-state index is 0.429. The normalized spacial score (nSPS) is 52.9. The number of fused-ring (bicyclic) bond motifs is 1. The molecule has 0 amide bonds. The molecule has 2 unspecified atom stereocenters. The number of rotatable bonds is 0. The van der Waals surface area contributed by atoms with E-state index in [1.54, 1.807) is 0 Å². The summed E-state index contributed by atoms with van der Waals surface area (Å²) in [6, 6.07) is 0. The van der Waals surface area contributed by atoms with E-state index in [-0.39, 0.29) is 0 Å². The van der Waals surface area contributed by atoms with Gasteiger partial charge in [-0.15, -0.1) is 0 Å².